The van der Waals surface area contributed by atoms with Gasteiger partial charge in [-0.3, -0.25) is 0 Å². The third kappa shape index (κ3) is 10.1. The Kier molecular flexibility index (Phi) is 13.0. The van der Waals surface area contributed by atoms with Gasteiger partial charge < -0.3 is 49.3 Å². The summed E-state index contributed by atoms with van der Waals surface area (Å²) in [6.45, 7) is 28.2. The third-order valence-electron chi connectivity index (χ3n) is 16.3. The predicted octanol–water partition coefficient (Wildman–Crippen LogP) is 9.91. The molecule has 0 radical (unpaired) electrons. The van der Waals surface area contributed by atoms with Crippen LogP contribution in [0.3, 0.4) is 0 Å². The van der Waals surface area contributed by atoms with Gasteiger partial charge in [0.25, 0.3) is 0 Å². The van der Waals surface area contributed by atoms with Crippen LogP contribution in [0.15, 0.2) is 0 Å². The molecule has 6 fully saturated rings. The molecule has 0 aromatic rings. The maximum Gasteiger partial charge on any atom is 0.506 e. The summed E-state index contributed by atoms with van der Waals surface area (Å²) in [6, 6.07) is 0. The molecule has 6 rings (SSSR count). The number of carbonyl (C=O) groups is 2. The van der Waals surface area contributed by atoms with E-state index in [2.05, 4.69) is 93.7 Å². The van der Waals surface area contributed by atoms with Crippen molar-refractivity contribution in [1.29, 1.82) is 0 Å². The van der Waals surface area contributed by atoms with Crippen molar-refractivity contribution in [3.05, 3.63) is 0 Å². The van der Waals surface area contributed by atoms with Crippen LogP contribution in [0.4, 0.5) is 9.59 Å². The van der Waals surface area contributed by atoms with Crippen LogP contribution in [0.5, 0.6) is 0 Å². The number of hydrogen-bond donors (Lipinski definition) is 4. The molecule has 6 aliphatic rings. The molecule has 12 heteroatoms. The number of piperidine rings is 2. The summed E-state index contributed by atoms with van der Waals surface area (Å²) in [5.74, 6) is -0.233. The van der Waals surface area contributed by atoms with Crippen LogP contribution in [0, 0.1) is 39.9 Å². The molecule has 0 amide bonds. The third-order valence-corrected chi connectivity index (χ3v) is 16.3. The first-order valence-corrected chi connectivity index (χ1v) is 23.2. The molecule has 2 aliphatic carbocycles. The van der Waals surface area contributed by atoms with E-state index in [4.69, 9.17) is 28.4 Å². The van der Waals surface area contributed by atoms with Crippen LogP contribution in [-0.4, -0.2) is 94.9 Å². The minimum absolute atomic E-state index is 0.0727. The molecule has 4 aliphatic heterocycles. The second kappa shape index (κ2) is 16.5. The molecule has 2 spiro atoms. The summed E-state index contributed by atoms with van der Waals surface area (Å²) in [7, 11) is 0. The highest BCUT2D eigenvalue weighted by atomic mass is 16.7. The summed E-state index contributed by atoms with van der Waals surface area (Å²) in [5, 5.41) is 27.5. The summed E-state index contributed by atoms with van der Waals surface area (Å²) in [6.07, 6.45) is 8.50. The molecule has 4 saturated heterocycles. The van der Waals surface area contributed by atoms with Crippen LogP contribution >= 0.6 is 0 Å². The second-order valence-corrected chi connectivity index (χ2v) is 23.6. The molecule has 2 unspecified atom stereocenters. The van der Waals surface area contributed by atoms with Gasteiger partial charge in [-0.2, -0.15) is 0 Å². The Morgan fingerprint density at radius 1 is 0.559 bits per heavy atom. The summed E-state index contributed by atoms with van der Waals surface area (Å²) < 4.78 is 38.7. The zero-order valence-electron chi connectivity index (χ0n) is 38.9. The van der Waals surface area contributed by atoms with Crippen molar-refractivity contribution < 1.29 is 48.2 Å². The van der Waals surface area contributed by atoms with Gasteiger partial charge in [-0.25, -0.2) is 9.59 Å². The normalized spacial score (nSPS) is 34.0. The summed E-state index contributed by atoms with van der Waals surface area (Å²) in [4.78, 5) is 24.5. The van der Waals surface area contributed by atoms with E-state index in [0.717, 1.165) is 77.0 Å². The zero-order valence-corrected chi connectivity index (χ0v) is 38.9. The Morgan fingerprint density at radius 2 is 0.831 bits per heavy atom. The fourth-order valence-electron chi connectivity index (χ4n) is 14.0. The van der Waals surface area contributed by atoms with Crippen molar-refractivity contribution >= 4 is 12.3 Å². The number of rotatable bonds is 10. The van der Waals surface area contributed by atoms with Gasteiger partial charge in [0.05, 0.1) is 37.3 Å². The SMILES string of the molecule is CCC1(C(OC(=O)O)C2CCC(C(C)(C)C3CCC(C(OC(=O)O)C4(CC)COC5(CC(C)(C)NC(C)(C)C5)OC4)CC3)CC2)COC2(CC(C)(C)NC(C)(C)C2)OC1. The maximum atomic E-state index is 12.3. The van der Waals surface area contributed by atoms with E-state index >= 15 is 0 Å². The van der Waals surface area contributed by atoms with Gasteiger partial charge in [0, 0.05) is 47.8 Å². The fourth-order valence-corrected chi connectivity index (χ4v) is 14.0. The van der Waals surface area contributed by atoms with Crippen molar-refractivity contribution in [3.8, 4) is 0 Å². The molecule has 2 atom stereocenters. The van der Waals surface area contributed by atoms with Crippen molar-refractivity contribution in [2.45, 2.75) is 219 Å². The first-order chi connectivity index (χ1) is 27.2. The Morgan fingerprint density at radius 3 is 1.07 bits per heavy atom. The average molecular weight is 835 g/mol. The first kappa shape index (κ1) is 46.8. The van der Waals surface area contributed by atoms with Crippen molar-refractivity contribution in [2.75, 3.05) is 26.4 Å². The fraction of sp³-hybridized carbons (Fsp3) is 0.957. The Hall–Kier alpha value is -1.70. The van der Waals surface area contributed by atoms with Gasteiger partial charge in [0.15, 0.2) is 11.6 Å². The predicted molar refractivity (Wildman–Crippen MR) is 226 cm³/mol. The lowest BCUT2D eigenvalue weighted by atomic mass is 9.57. The molecule has 0 aromatic carbocycles. The topological polar surface area (TPSA) is 154 Å². The molecule has 12 nitrogen and oxygen atoms in total. The molecule has 59 heavy (non-hydrogen) atoms. The lowest BCUT2D eigenvalue weighted by Crippen LogP contribution is -2.68. The average Bonchev–Trinajstić information content (AvgIpc) is 3.11. The minimum Gasteiger partial charge on any atom is -0.450 e. The Bertz CT molecular complexity index is 1330. The molecular weight excluding hydrogens is 753 g/mol. The van der Waals surface area contributed by atoms with Crippen LogP contribution in [0.25, 0.3) is 0 Å². The Labute approximate surface area is 355 Å². The highest BCUT2D eigenvalue weighted by Crippen LogP contribution is 2.55. The van der Waals surface area contributed by atoms with Gasteiger partial charge in [0.2, 0.25) is 0 Å². The van der Waals surface area contributed by atoms with Crippen molar-refractivity contribution in [1.82, 2.24) is 10.6 Å². The van der Waals surface area contributed by atoms with Gasteiger partial charge >= 0.3 is 12.3 Å². The van der Waals surface area contributed by atoms with Gasteiger partial charge in [-0.15, -0.1) is 0 Å². The molecule has 0 aromatic heterocycles. The van der Waals surface area contributed by atoms with E-state index in [1.807, 2.05) is 0 Å². The summed E-state index contributed by atoms with van der Waals surface area (Å²) >= 11 is 0. The van der Waals surface area contributed by atoms with Crippen molar-refractivity contribution in [2.24, 2.45) is 39.9 Å². The van der Waals surface area contributed by atoms with Crippen LogP contribution in [0.1, 0.15) is 173 Å². The van der Waals surface area contributed by atoms with E-state index in [0.29, 0.717) is 51.1 Å². The first-order valence-electron chi connectivity index (χ1n) is 23.2. The standard InChI is InChI=1S/C47H82N2O10/c1-13-44(27-54-46(55-28-44)23-39(3,4)48-40(5,6)24-46)35(58-37(50)51)31-15-19-33(20-16-31)43(11,12)34-21-17-32(18-22-34)36(59-38(52)53)45(14-2)29-56-47(57-30-45)25-41(7,8)49-42(9,10)26-47/h31-36,48-49H,13-30H2,1-12H3,(H,50,51)(H,52,53). The Balaban J connectivity index is 1.08. The van der Waals surface area contributed by atoms with E-state index in [-0.39, 0.29) is 39.4 Å². The highest BCUT2D eigenvalue weighted by Gasteiger charge is 2.59. The monoisotopic (exact) mass is 835 g/mol. The minimum atomic E-state index is -1.23. The lowest BCUT2D eigenvalue weighted by molar-refractivity contribution is -0.342. The quantitative estimate of drug-likeness (QED) is 0.155. The van der Waals surface area contributed by atoms with E-state index in [9.17, 15) is 19.8 Å². The molecule has 4 heterocycles. The summed E-state index contributed by atoms with van der Waals surface area (Å²) in [5.41, 5.74) is -1.66. The lowest BCUT2D eigenvalue weighted by Gasteiger charge is -2.57. The highest BCUT2D eigenvalue weighted by molar-refractivity contribution is 5.57. The zero-order chi connectivity index (χ0) is 43.5. The number of ether oxygens (including phenoxy) is 6. The van der Waals surface area contributed by atoms with Crippen LogP contribution in [-0.2, 0) is 28.4 Å². The van der Waals surface area contributed by atoms with Gasteiger partial charge in [-0.05, 0) is 149 Å². The second-order valence-electron chi connectivity index (χ2n) is 23.6. The van der Waals surface area contributed by atoms with Crippen molar-refractivity contribution in [3.63, 3.8) is 0 Å². The smallest absolute Gasteiger partial charge is 0.450 e. The molecule has 4 N–H and O–H groups in total. The van der Waals surface area contributed by atoms with Crippen LogP contribution in [0.2, 0.25) is 0 Å². The van der Waals surface area contributed by atoms with E-state index < -0.39 is 46.9 Å². The molecule has 340 valence electrons. The number of nitrogens with one attached hydrogen (secondary N) is 2. The van der Waals surface area contributed by atoms with Crippen LogP contribution < -0.4 is 10.6 Å². The van der Waals surface area contributed by atoms with E-state index in [1.165, 1.54) is 0 Å². The molecule has 2 saturated carbocycles. The molecular formula is C47H82N2O10. The van der Waals surface area contributed by atoms with Gasteiger partial charge in [0.1, 0.15) is 12.2 Å². The number of carboxylic acid groups (broad SMARTS) is 2. The van der Waals surface area contributed by atoms with E-state index in [1.54, 1.807) is 0 Å². The number of hydrogen-bond acceptors (Lipinski definition) is 10. The largest absolute Gasteiger partial charge is 0.506 e. The van der Waals surface area contributed by atoms with Gasteiger partial charge in [-0.1, -0.05) is 27.7 Å². The molecule has 0 bridgehead atoms. The maximum absolute atomic E-state index is 12.3.